The Morgan fingerprint density at radius 3 is 2.75 bits per heavy atom. The molecule has 0 bridgehead atoms. The lowest BCUT2D eigenvalue weighted by atomic mass is 10.4. The Bertz CT molecular complexity index is 752. The van der Waals surface area contributed by atoms with Crippen LogP contribution in [0.4, 0.5) is 5.82 Å². The predicted molar refractivity (Wildman–Crippen MR) is 90.5 cm³/mol. The lowest BCUT2D eigenvalue weighted by Crippen LogP contribution is -2.31. The van der Waals surface area contributed by atoms with E-state index in [1.807, 2.05) is 0 Å². The first kappa shape index (κ1) is 18.2. The number of rotatable bonds is 6. The second kappa shape index (κ2) is 8.62. The van der Waals surface area contributed by atoms with E-state index < -0.39 is 18.5 Å². The SMILES string of the molecule is O=C(COC(=O)CNC(=O)c1cccs1)Nc1ncc(Cl)cc1Cl. The third-order valence-electron chi connectivity index (χ3n) is 2.57. The van der Waals surface area contributed by atoms with Gasteiger partial charge in [0.2, 0.25) is 0 Å². The van der Waals surface area contributed by atoms with E-state index in [4.69, 9.17) is 27.9 Å². The molecule has 2 N–H and O–H groups in total. The lowest BCUT2D eigenvalue weighted by Gasteiger charge is -2.08. The van der Waals surface area contributed by atoms with Gasteiger partial charge in [-0.05, 0) is 17.5 Å². The van der Waals surface area contributed by atoms with Crippen molar-refractivity contribution in [1.82, 2.24) is 10.3 Å². The Morgan fingerprint density at radius 1 is 1.29 bits per heavy atom. The van der Waals surface area contributed by atoms with E-state index in [2.05, 4.69) is 15.6 Å². The number of hydrogen-bond donors (Lipinski definition) is 2. The molecule has 2 aromatic rings. The zero-order chi connectivity index (χ0) is 17.5. The molecule has 0 saturated heterocycles. The maximum atomic E-state index is 11.7. The number of nitrogens with one attached hydrogen (secondary N) is 2. The maximum Gasteiger partial charge on any atom is 0.325 e. The number of ether oxygens (including phenoxy) is 1. The van der Waals surface area contributed by atoms with Gasteiger partial charge in [-0.25, -0.2) is 4.98 Å². The van der Waals surface area contributed by atoms with E-state index in [1.54, 1.807) is 17.5 Å². The van der Waals surface area contributed by atoms with E-state index in [9.17, 15) is 14.4 Å². The number of thiophene rings is 1. The molecule has 2 amide bonds. The van der Waals surface area contributed by atoms with Crippen molar-refractivity contribution in [2.75, 3.05) is 18.5 Å². The first-order chi connectivity index (χ1) is 11.5. The summed E-state index contributed by atoms with van der Waals surface area (Å²) >= 11 is 12.8. The molecule has 0 aliphatic heterocycles. The van der Waals surface area contributed by atoms with Crippen molar-refractivity contribution in [3.8, 4) is 0 Å². The number of amides is 2. The summed E-state index contributed by atoms with van der Waals surface area (Å²) in [6.07, 6.45) is 1.31. The van der Waals surface area contributed by atoms with Crippen LogP contribution in [0, 0.1) is 0 Å². The van der Waals surface area contributed by atoms with Crippen LogP contribution in [0.5, 0.6) is 0 Å². The minimum absolute atomic E-state index is 0.105. The average molecular weight is 388 g/mol. The minimum atomic E-state index is -0.745. The number of anilines is 1. The summed E-state index contributed by atoms with van der Waals surface area (Å²) in [4.78, 5) is 39.1. The van der Waals surface area contributed by atoms with Gasteiger partial charge in [-0.15, -0.1) is 11.3 Å². The molecule has 2 aromatic heterocycles. The first-order valence-corrected chi connectivity index (χ1v) is 8.17. The molecule has 126 valence electrons. The van der Waals surface area contributed by atoms with Gasteiger partial charge in [0, 0.05) is 6.20 Å². The number of nitrogens with zero attached hydrogens (tertiary/aromatic N) is 1. The second-order valence-corrected chi connectivity index (χ2v) is 6.14. The van der Waals surface area contributed by atoms with Gasteiger partial charge < -0.3 is 15.4 Å². The number of carbonyl (C=O) groups is 3. The fraction of sp³-hybridized carbons (Fsp3) is 0.143. The standard InChI is InChI=1S/C14H11Cl2N3O4S/c15-8-4-9(16)13(17-5-8)19-11(20)7-23-12(21)6-18-14(22)10-2-1-3-24-10/h1-5H,6-7H2,(H,18,22)(H,17,19,20). The molecule has 0 fully saturated rings. The Labute approximate surface area is 150 Å². The molecule has 0 aliphatic rings. The van der Waals surface area contributed by atoms with Crippen molar-refractivity contribution < 1.29 is 19.1 Å². The van der Waals surface area contributed by atoms with Gasteiger partial charge in [-0.2, -0.15) is 0 Å². The fourth-order valence-corrected chi connectivity index (χ4v) is 2.59. The van der Waals surface area contributed by atoms with Crippen LogP contribution >= 0.6 is 34.5 Å². The molecule has 2 rings (SSSR count). The molecule has 7 nitrogen and oxygen atoms in total. The fourth-order valence-electron chi connectivity index (χ4n) is 1.52. The molecule has 0 aromatic carbocycles. The molecule has 0 aliphatic carbocycles. The molecule has 0 unspecified atom stereocenters. The van der Waals surface area contributed by atoms with Crippen molar-refractivity contribution in [3.63, 3.8) is 0 Å². The summed E-state index contributed by atoms with van der Waals surface area (Å²) in [5, 5.41) is 6.99. The van der Waals surface area contributed by atoms with Gasteiger partial charge in [-0.1, -0.05) is 29.3 Å². The van der Waals surface area contributed by atoms with Crippen molar-refractivity contribution in [3.05, 3.63) is 44.7 Å². The van der Waals surface area contributed by atoms with E-state index in [0.29, 0.717) is 9.90 Å². The van der Waals surface area contributed by atoms with Crippen molar-refractivity contribution in [2.24, 2.45) is 0 Å². The molecular weight excluding hydrogens is 377 g/mol. The van der Waals surface area contributed by atoms with E-state index >= 15 is 0 Å². The third kappa shape index (κ3) is 5.48. The van der Waals surface area contributed by atoms with Gasteiger partial charge in [0.25, 0.3) is 11.8 Å². The second-order valence-electron chi connectivity index (χ2n) is 4.35. The summed E-state index contributed by atoms with van der Waals surface area (Å²) in [6, 6.07) is 4.76. The molecule has 0 atom stereocenters. The van der Waals surface area contributed by atoms with Crippen molar-refractivity contribution >= 4 is 58.1 Å². The van der Waals surface area contributed by atoms with Crippen molar-refractivity contribution in [2.45, 2.75) is 0 Å². The summed E-state index contributed by atoms with van der Waals surface area (Å²) in [6.45, 7) is -0.877. The highest BCUT2D eigenvalue weighted by Crippen LogP contribution is 2.22. The van der Waals surface area contributed by atoms with E-state index in [0.717, 1.165) is 0 Å². The monoisotopic (exact) mass is 387 g/mol. The quantitative estimate of drug-likeness (QED) is 0.741. The van der Waals surface area contributed by atoms with E-state index in [-0.39, 0.29) is 23.3 Å². The lowest BCUT2D eigenvalue weighted by molar-refractivity contribution is -0.146. The normalized spacial score (nSPS) is 10.1. The van der Waals surface area contributed by atoms with Crippen LogP contribution < -0.4 is 10.6 Å². The number of pyridine rings is 1. The highest BCUT2D eigenvalue weighted by Gasteiger charge is 2.12. The zero-order valence-electron chi connectivity index (χ0n) is 12.0. The largest absolute Gasteiger partial charge is 0.454 e. The number of aromatic nitrogens is 1. The number of esters is 1. The van der Waals surface area contributed by atoms with Gasteiger partial charge in [0.05, 0.1) is 14.9 Å². The number of carbonyl (C=O) groups excluding carboxylic acids is 3. The van der Waals surface area contributed by atoms with Gasteiger partial charge in [0.15, 0.2) is 12.4 Å². The Morgan fingerprint density at radius 2 is 2.08 bits per heavy atom. The molecule has 2 heterocycles. The number of hydrogen-bond acceptors (Lipinski definition) is 6. The Balaban J connectivity index is 1.73. The van der Waals surface area contributed by atoms with Gasteiger partial charge >= 0.3 is 5.97 Å². The average Bonchev–Trinajstić information content (AvgIpc) is 3.08. The van der Waals surface area contributed by atoms with Crippen LogP contribution in [0.25, 0.3) is 0 Å². The van der Waals surface area contributed by atoms with Crippen molar-refractivity contribution in [1.29, 1.82) is 0 Å². The minimum Gasteiger partial charge on any atom is -0.454 e. The molecule has 10 heteroatoms. The summed E-state index contributed by atoms with van der Waals surface area (Å²) < 4.78 is 4.75. The zero-order valence-corrected chi connectivity index (χ0v) is 14.4. The van der Waals surface area contributed by atoms with Crippen LogP contribution in [0.1, 0.15) is 9.67 Å². The van der Waals surface area contributed by atoms with Gasteiger partial charge in [-0.3, -0.25) is 14.4 Å². The molecule has 24 heavy (non-hydrogen) atoms. The summed E-state index contributed by atoms with van der Waals surface area (Å²) in [5.41, 5.74) is 0. The topological polar surface area (TPSA) is 97.4 Å². The number of halogens is 2. The highest BCUT2D eigenvalue weighted by molar-refractivity contribution is 7.12. The highest BCUT2D eigenvalue weighted by atomic mass is 35.5. The molecule has 0 spiro atoms. The molecular formula is C14H11Cl2N3O4S. The van der Waals surface area contributed by atoms with Crippen LogP contribution in [0.15, 0.2) is 29.8 Å². The molecule has 0 saturated carbocycles. The van der Waals surface area contributed by atoms with Crippen LogP contribution in [-0.4, -0.2) is 35.9 Å². The van der Waals surface area contributed by atoms with Crippen LogP contribution in [-0.2, 0) is 14.3 Å². The van der Waals surface area contributed by atoms with E-state index in [1.165, 1.54) is 23.6 Å². The summed E-state index contributed by atoms with van der Waals surface area (Å²) in [5.74, 6) is -1.65. The van der Waals surface area contributed by atoms with Gasteiger partial charge in [0.1, 0.15) is 6.54 Å². The Hall–Kier alpha value is -2.16. The third-order valence-corrected chi connectivity index (χ3v) is 3.93. The maximum absolute atomic E-state index is 11.7. The summed E-state index contributed by atoms with van der Waals surface area (Å²) in [7, 11) is 0. The predicted octanol–water partition coefficient (Wildman–Crippen LogP) is 2.36. The van der Waals surface area contributed by atoms with Crippen LogP contribution in [0.3, 0.4) is 0 Å². The van der Waals surface area contributed by atoms with Crippen LogP contribution in [0.2, 0.25) is 10.0 Å². The first-order valence-electron chi connectivity index (χ1n) is 6.54. The smallest absolute Gasteiger partial charge is 0.325 e. The Kier molecular flexibility index (Phi) is 6.53. The molecule has 0 radical (unpaired) electrons.